The Balaban J connectivity index is 5.11. The lowest BCUT2D eigenvalue weighted by molar-refractivity contribution is -0.870. The van der Waals surface area contributed by atoms with E-state index in [1.165, 1.54) is 212 Å². The smallest absolute Gasteiger partial charge is 0.306 e. The summed E-state index contributed by atoms with van der Waals surface area (Å²) in [7, 11) is 1.19. The molecular weight excluding hydrogens is 1040 g/mol. The van der Waals surface area contributed by atoms with Crippen molar-refractivity contribution >= 4 is 19.7 Å². The number of carbonyl (C=O) groups is 2. The van der Waals surface area contributed by atoms with Crippen molar-refractivity contribution in [1.29, 1.82) is 0 Å². The van der Waals surface area contributed by atoms with E-state index < -0.39 is 20.0 Å². The molecule has 0 aromatic carbocycles. The molecule has 3 atom stereocenters. The average molecular weight is 1170 g/mol. The number of quaternary nitrogens is 1. The fourth-order valence-corrected chi connectivity index (χ4v) is 11.0. The first kappa shape index (κ1) is 79.7. The van der Waals surface area contributed by atoms with Gasteiger partial charge >= 0.3 is 5.97 Å². The maximum Gasteiger partial charge on any atom is 0.306 e. The van der Waals surface area contributed by atoms with E-state index >= 15 is 0 Å². The van der Waals surface area contributed by atoms with Crippen LogP contribution in [0.15, 0.2) is 60.8 Å². The van der Waals surface area contributed by atoms with E-state index in [0.717, 1.165) is 89.9 Å². The number of hydrogen-bond donors (Lipinski definition) is 1. The van der Waals surface area contributed by atoms with Crippen LogP contribution in [0, 0.1) is 0 Å². The minimum absolute atomic E-state index is 0.0237. The number of amides is 1. The van der Waals surface area contributed by atoms with Gasteiger partial charge in [-0.2, -0.15) is 0 Å². The van der Waals surface area contributed by atoms with Gasteiger partial charge in [0.25, 0.3) is 7.82 Å². The highest BCUT2D eigenvalue weighted by Crippen LogP contribution is 2.38. The summed E-state index contributed by atoms with van der Waals surface area (Å²) in [4.78, 5) is 40.2. The summed E-state index contributed by atoms with van der Waals surface area (Å²) >= 11 is 0. The van der Waals surface area contributed by atoms with Crippen LogP contribution >= 0.6 is 7.82 Å². The lowest BCUT2D eigenvalue weighted by Crippen LogP contribution is -2.47. The number of rotatable bonds is 64. The van der Waals surface area contributed by atoms with Gasteiger partial charge in [-0.3, -0.25) is 14.2 Å². The first-order chi connectivity index (χ1) is 39.9. The average Bonchev–Trinajstić information content (AvgIpc) is 3.44. The van der Waals surface area contributed by atoms with Crippen LogP contribution in [0.25, 0.3) is 0 Å². The van der Waals surface area contributed by atoms with E-state index in [4.69, 9.17) is 13.8 Å². The number of phosphoric ester groups is 1. The third-order valence-corrected chi connectivity index (χ3v) is 16.7. The Morgan fingerprint density at radius 3 is 1.13 bits per heavy atom. The number of ether oxygens (including phenoxy) is 1. The maximum atomic E-state index is 13.6. The second-order valence-corrected chi connectivity index (χ2v) is 26.5. The van der Waals surface area contributed by atoms with Gasteiger partial charge in [0.2, 0.25) is 5.91 Å². The summed E-state index contributed by atoms with van der Waals surface area (Å²) in [6, 6.07) is -0.893. The molecular formula is C72H135N2O7P. The molecule has 0 fully saturated rings. The fourth-order valence-electron chi connectivity index (χ4n) is 10.3. The van der Waals surface area contributed by atoms with Gasteiger partial charge in [-0.25, -0.2) is 0 Å². The van der Waals surface area contributed by atoms with Crippen molar-refractivity contribution in [3.63, 3.8) is 0 Å². The Labute approximate surface area is 509 Å². The molecule has 0 rings (SSSR count). The van der Waals surface area contributed by atoms with Crippen LogP contribution in [0.2, 0.25) is 0 Å². The number of unbranched alkanes of at least 4 members (excludes halogenated alkanes) is 40. The highest BCUT2D eigenvalue weighted by molar-refractivity contribution is 7.45. The molecule has 0 bridgehead atoms. The maximum absolute atomic E-state index is 13.6. The Kier molecular flexibility index (Phi) is 60.1. The Bertz CT molecular complexity index is 1590. The molecule has 480 valence electrons. The Morgan fingerprint density at radius 1 is 0.427 bits per heavy atom. The van der Waals surface area contributed by atoms with E-state index in [1.54, 1.807) is 0 Å². The van der Waals surface area contributed by atoms with Gasteiger partial charge in [-0.15, -0.1) is 0 Å². The molecule has 9 nitrogen and oxygen atoms in total. The zero-order chi connectivity index (χ0) is 60.0. The summed E-state index contributed by atoms with van der Waals surface area (Å²) in [6.07, 6.45) is 79.1. The van der Waals surface area contributed by atoms with Crippen molar-refractivity contribution in [3.8, 4) is 0 Å². The van der Waals surface area contributed by atoms with E-state index in [1.807, 2.05) is 33.3 Å². The molecule has 0 radical (unpaired) electrons. The summed E-state index contributed by atoms with van der Waals surface area (Å²) in [5.41, 5.74) is 0. The first-order valence-electron chi connectivity index (χ1n) is 35.1. The molecule has 82 heavy (non-hydrogen) atoms. The van der Waals surface area contributed by atoms with Crippen LogP contribution in [0.3, 0.4) is 0 Å². The van der Waals surface area contributed by atoms with Gasteiger partial charge in [0.15, 0.2) is 0 Å². The number of phosphoric acid groups is 1. The Hall–Kier alpha value is -2.29. The Morgan fingerprint density at radius 2 is 0.744 bits per heavy atom. The second kappa shape index (κ2) is 61.8. The largest absolute Gasteiger partial charge is 0.756 e. The van der Waals surface area contributed by atoms with Crippen LogP contribution in [-0.2, 0) is 27.9 Å². The van der Waals surface area contributed by atoms with Crippen LogP contribution in [-0.4, -0.2) is 69.4 Å². The molecule has 0 aromatic heterocycles. The first-order valence-corrected chi connectivity index (χ1v) is 36.6. The molecule has 0 aromatic rings. The predicted molar refractivity (Wildman–Crippen MR) is 353 cm³/mol. The number of nitrogens with zero attached hydrogens (tertiary/aromatic N) is 1. The van der Waals surface area contributed by atoms with Crippen molar-refractivity contribution in [3.05, 3.63) is 60.8 Å². The molecule has 0 aliphatic carbocycles. The molecule has 10 heteroatoms. The van der Waals surface area contributed by atoms with Crippen LogP contribution < -0.4 is 10.2 Å². The van der Waals surface area contributed by atoms with E-state index in [0.29, 0.717) is 17.4 Å². The molecule has 0 aliphatic rings. The van der Waals surface area contributed by atoms with Crippen molar-refractivity contribution in [2.45, 2.75) is 348 Å². The molecule has 1 amide bonds. The van der Waals surface area contributed by atoms with Crippen molar-refractivity contribution in [2.24, 2.45) is 0 Å². The number of nitrogens with one attached hydrogen (secondary N) is 1. The second-order valence-electron chi connectivity index (χ2n) is 25.0. The standard InChI is InChI=1S/C72H135N2O7P/c1-7-10-13-16-19-22-25-28-30-32-34-36-37-39-41-43-45-47-50-53-56-59-62-65-72(76)81-70(63-60-57-54-51-48-27-24-21-18-15-12-9-3)69(68-80-82(77,78)79-67-66-74(4,5)6)73-71(75)64-61-58-55-52-49-46-44-42-40-38-35-33-31-29-26-23-20-17-14-11-8-2/h19,22,28,30,34,36,39,41,60,63,69-70H,7-18,20-21,23-27,29,31-33,35,37-38,40,42-59,61-62,64-68H2,1-6H3,(H-,73,75,77,78)/b22-19-,30-28-,36-34-,41-39-,63-60+. The fraction of sp³-hybridized carbons (Fsp3) is 0.833. The lowest BCUT2D eigenvalue weighted by Gasteiger charge is -2.30. The number of hydrogen-bond acceptors (Lipinski definition) is 7. The molecule has 0 aliphatic heterocycles. The van der Waals surface area contributed by atoms with E-state index in [-0.39, 0.29) is 31.5 Å². The van der Waals surface area contributed by atoms with Crippen LogP contribution in [0.4, 0.5) is 0 Å². The van der Waals surface area contributed by atoms with Crippen LogP contribution in [0.1, 0.15) is 335 Å². The molecule has 0 saturated carbocycles. The summed E-state index contributed by atoms with van der Waals surface area (Å²) in [6.45, 7) is 6.85. The quantitative estimate of drug-likeness (QED) is 0.0212. The van der Waals surface area contributed by atoms with Gasteiger partial charge < -0.3 is 28.5 Å². The number of likely N-dealkylation sites (N-methyl/N-ethyl adjacent to an activating group) is 1. The molecule has 0 saturated heterocycles. The SMILES string of the molecule is CCCCC/C=C\C/C=C\C/C=C\C/C=C\CCCCCCCCCC(=O)OC(/C=C/CCCCCCCCCCCC)C(COP(=O)([O-])OCC[N+](C)(C)C)NC(=O)CCCCCCCCCCCCCCCCCCCCCCC. The summed E-state index contributed by atoms with van der Waals surface area (Å²) < 4.78 is 30.4. The topological polar surface area (TPSA) is 114 Å². The zero-order valence-corrected chi connectivity index (χ0v) is 55.8. The predicted octanol–water partition coefficient (Wildman–Crippen LogP) is 21.5. The zero-order valence-electron chi connectivity index (χ0n) is 54.9. The number of carbonyl (C=O) groups excluding carboxylic acids is 2. The molecule has 1 N–H and O–H groups in total. The monoisotopic (exact) mass is 1170 g/mol. The summed E-state index contributed by atoms with van der Waals surface area (Å²) in [5.74, 6) is -0.540. The molecule has 0 heterocycles. The van der Waals surface area contributed by atoms with Gasteiger partial charge in [-0.1, -0.05) is 307 Å². The normalized spacial score (nSPS) is 13.9. The van der Waals surface area contributed by atoms with Crippen molar-refractivity contribution in [1.82, 2.24) is 5.32 Å². The van der Waals surface area contributed by atoms with Gasteiger partial charge in [0, 0.05) is 12.8 Å². The van der Waals surface area contributed by atoms with Gasteiger partial charge in [-0.05, 0) is 76.7 Å². The van der Waals surface area contributed by atoms with Crippen molar-refractivity contribution < 1.29 is 37.3 Å². The third-order valence-electron chi connectivity index (χ3n) is 15.7. The third kappa shape index (κ3) is 62.2. The molecule has 3 unspecified atom stereocenters. The minimum Gasteiger partial charge on any atom is -0.756 e. The van der Waals surface area contributed by atoms with Crippen molar-refractivity contribution in [2.75, 3.05) is 40.9 Å². The highest BCUT2D eigenvalue weighted by atomic mass is 31.2. The van der Waals surface area contributed by atoms with Gasteiger partial charge in [0.05, 0.1) is 33.8 Å². The minimum atomic E-state index is -4.71. The number of allylic oxidation sites excluding steroid dienone is 9. The van der Waals surface area contributed by atoms with E-state index in [9.17, 15) is 19.0 Å². The van der Waals surface area contributed by atoms with E-state index in [2.05, 4.69) is 74.7 Å². The lowest BCUT2D eigenvalue weighted by atomic mass is 10.0. The summed E-state index contributed by atoms with van der Waals surface area (Å²) in [5, 5.41) is 3.04. The number of esters is 1. The molecule has 0 spiro atoms. The van der Waals surface area contributed by atoms with Gasteiger partial charge in [0.1, 0.15) is 19.3 Å². The highest BCUT2D eigenvalue weighted by Gasteiger charge is 2.27. The van der Waals surface area contributed by atoms with Crippen LogP contribution in [0.5, 0.6) is 0 Å².